The van der Waals surface area contributed by atoms with Crippen LogP contribution in [0, 0.1) is 5.92 Å². The predicted molar refractivity (Wildman–Crippen MR) is 119 cm³/mol. The third kappa shape index (κ3) is 7.95. The number of piperidine rings is 1. The van der Waals surface area contributed by atoms with Crippen LogP contribution >= 0.6 is 24.8 Å². The molecule has 0 saturated carbocycles. The first-order valence-electron chi connectivity index (χ1n) is 9.84. The number of benzene rings is 1. The zero-order valence-corrected chi connectivity index (χ0v) is 17.9. The average Bonchev–Trinajstić information content (AvgIpc) is 2.91. The third-order valence-corrected chi connectivity index (χ3v) is 5.15. The Morgan fingerprint density at radius 1 is 1.00 bits per heavy atom. The number of hydrogen-bond acceptors (Lipinski definition) is 4. The van der Waals surface area contributed by atoms with E-state index in [1.165, 1.54) is 25.7 Å². The fraction of sp³-hybridized carbons (Fsp3) is 0.600. The van der Waals surface area contributed by atoms with Gasteiger partial charge in [-0.25, -0.2) is 0 Å². The monoisotopic (exact) mass is 430 g/mol. The smallest absolute Gasteiger partial charge is 0.238 e. The van der Waals surface area contributed by atoms with Crippen LogP contribution in [-0.2, 0) is 9.59 Å². The molecular weight excluding hydrogens is 399 g/mol. The minimum Gasteiger partial charge on any atom is -0.326 e. The molecular formula is C20H32Cl2N4O2. The number of likely N-dealkylation sites (tertiary alicyclic amines) is 1. The Morgan fingerprint density at radius 2 is 1.68 bits per heavy atom. The summed E-state index contributed by atoms with van der Waals surface area (Å²) < 4.78 is 0. The summed E-state index contributed by atoms with van der Waals surface area (Å²) >= 11 is 0. The standard InChI is InChI=1S/C20H30N4O2.2ClH/c25-19(15-24-11-3-1-2-4-12-24)22-17-8-5-9-18(13-17)23-20(26)16-7-6-10-21-14-16;;/h5,8-9,13,16,21H,1-4,6-7,10-12,14-15H2,(H,22,25)(H,23,26);2*1H. The minimum atomic E-state index is 0. The quantitative estimate of drug-likeness (QED) is 0.669. The summed E-state index contributed by atoms with van der Waals surface area (Å²) in [6, 6.07) is 7.40. The Balaban J connectivity index is 0.00000196. The fourth-order valence-electron chi connectivity index (χ4n) is 3.69. The van der Waals surface area contributed by atoms with Crippen molar-refractivity contribution in [2.45, 2.75) is 38.5 Å². The molecule has 28 heavy (non-hydrogen) atoms. The van der Waals surface area contributed by atoms with E-state index in [1.54, 1.807) is 0 Å². The first kappa shape index (κ1) is 24.7. The number of halogens is 2. The summed E-state index contributed by atoms with van der Waals surface area (Å²) in [6.07, 6.45) is 6.82. The number of carbonyl (C=O) groups is 2. The zero-order valence-electron chi connectivity index (χ0n) is 16.2. The van der Waals surface area contributed by atoms with Crippen LogP contribution in [0.2, 0.25) is 0 Å². The van der Waals surface area contributed by atoms with E-state index >= 15 is 0 Å². The van der Waals surface area contributed by atoms with E-state index in [2.05, 4.69) is 20.9 Å². The SMILES string of the molecule is Cl.Cl.O=C(CN1CCCCCC1)Nc1cccc(NC(=O)C2CCCNC2)c1. The van der Waals surface area contributed by atoms with Gasteiger partial charge in [0.1, 0.15) is 0 Å². The summed E-state index contributed by atoms with van der Waals surface area (Å²) in [5.41, 5.74) is 1.46. The molecule has 2 heterocycles. The highest BCUT2D eigenvalue weighted by molar-refractivity contribution is 5.95. The Bertz CT molecular complexity index is 616. The van der Waals surface area contributed by atoms with Crippen LogP contribution in [0.15, 0.2) is 24.3 Å². The van der Waals surface area contributed by atoms with Gasteiger partial charge in [-0.3, -0.25) is 14.5 Å². The van der Waals surface area contributed by atoms with E-state index in [1.807, 2.05) is 24.3 Å². The number of nitrogens with zero attached hydrogens (tertiary/aromatic N) is 1. The lowest BCUT2D eigenvalue weighted by molar-refractivity contribution is -0.120. The molecule has 6 nitrogen and oxygen atoms in total. The minimum absolute atomic E-state index is 0. The molecule has 1 aromatic rings. The third-order valence-electron chi connectivity index (χ3n) is 5.15. The van der Waals surface area contributed by atoms with E-state index in [4.69, 9.17) is 0 Å². The van der Waals surface area contributed by atoms with Gasteiger partial charge in [0.05, 0.1) is 12.5 Å². The molecule has 2 aliphatic heterocycles. The molecule has 2 fully saturated rings. The van der Waals surface area contributed by atoms with Gasteiger partial charge >= 0.3 is 0 Å². The summed E-state index contributed by atoms with van der Waals surface area (Å²) in [7, 11) is 0. The van der Waals surface area contributed by atoms with E-state index in [0.29, 0.717) is 6.54 Å². The molecule has 1 aromatic carbocycles. The first-order chi connectivity index (χ1) is 12.7. The van der Waals surface area contributed by atoms with E-state index in [0.717, 1.165) is 50.4 Å². The lowest BCUT2D eigenvalue weighted by Gasteiger charge is -2.22. The Morgan fingerprint density at radius 3 is 2.32 bits per heavy atom. The van der Waals surface area contributed by atoms with Gasteiger partial charge in [-0.15, -0.1) is 24.8 Å². The molecule has 3 N–H and O–H groups in total. The van der Waals surface area contributed by atoms with Crippen molar-refractivity contribution in [3.63, 3.8) is 0 Å². The lowest BCUT2D eigenvalue weighted by Crippen LogP contribution is -2.37. The topological polar surface area (TPSA) is 73.5 Å². The van der Waals surface area contributed by atoms with Crippen molar-refractivity contribution in [2.24, 2.45) is 5.92 Å². The number of carbonyl (C=O) groups excluding carboxylic acids is 2. The average molecular weight is 431 g/mol. The lowest BCUT2D eigenvalue weighted by atomic mass is 9.99. The molecule has 158 valence electrons. The highest BCUT2D eigenvalue weighted by atomic mass is 35.5. The molecule has 0 bridgehead atoms. The second kappa shape index (κ2) is 13.0. The van der Waals surface area contributed by atoms with E-state index < -0.39 is 0 Å². The van der Waals surface area contributed by atoms with Crippen molar-refractivity contribution in [1.29, 1.82) is 0 Å². The molecule has 2 aliphatic rings. The fourth-order valence-corrected chi connectivity index (χ4v) is 3.69. The van der Waals surface area contributed by atoms with Gasteiger partial charge in [0.2, 0.25) is 11.8 Å². The number of amides is 2. The number of nitrogens with one attached hydrogen (secondary N) is 3. The van der Waals surface area contributed by atoms with E-state index in [9.17, 15) is 9.59 Å². The van der Waals surface area contributed by atoms with Crippen molar-refractivity contribution in [3.05, 3.63) is 24.3 Å². The maximum absolute atomic E-state index is 12.4. The summed E-state index contributed by atoms with van der Waals surface area (Å²) in [5, 5.41) is 9.19. The first-order valence-corrected chi connectivity index (χ1v) is 9.84. The largest absolute Gasteiger partial charge is 0.326 e. The van der Waals surface area contributed by atoms with Gasteiger partial charge in [0, 0.05) is 17.9 Å². The van der Waals surface area contributed by atoms with Crippen LogP contribution in [-0.4, -0.2) is 49.4 Å². The van der Waals surface area contributed by atoms with Gasteiger partial charge in [0.25, 0.3) is 0 Å². The predicted octanol–water partition coefficient (Wildman–Crippen LogP) is 3.28. The molecule has 1 atom stereocenters. The number of hydrogen-bond donors (Lipinski definition) is 3. The number of rotatable bonds is 5. The second-order valence-electron chi connectivity index (χ2n) is 7.35. The highest BCUT2D eigenvalue weighted by Crippen LogP contribution is 2.18. The highest BCUT2D eigenvalue weighted by Gasteiger charge is 2.21. The molecule has 2 amide bonds. The van der Waals surface area contributed by atoms with Crippen LogP contribution < -0.4 is 16.0 Å². The summed E-state index contributed by atoms with van der Waals surface area (Å²) in [5.74, 6) is 0.0714. The Labute approximate surface area is 180 Å². The van der Waals surface area contributed by atoms with Crippen molar-refractivity contribution in [2.75, 3.05) is 43.4 Å². The van der Waals surface area contributed by atoms with Crippen LogP contribution in [0.1, 0.15) is 38.5 Å². The van der Waals surface area contributed by atoms with Crippen LogP contribution in [0.4, 0.5) is 11.4 Å². The maximum Gasteiger partial charge on any atom is 0.238 e. The Hall–Kier alpha value is -1.34. The van der Waals surface area contributed by atoms with Crippen LogP contribution in [0.3, 0.4) is 0 Å². The second-order valence-corrected chi connectivity index (χ2v) is 7.35. The van der Waals surface area contributed by atoms with Gasteiger partial charge in [0.15, 0.2) is 0 Å². The maximum atomic E-state index is 12.4. The van der Waals surface area contributed by atoms with Crippen molar-refractivity contribution < 1.29 is 9.59 Å². The van der Waals surface area contributed by atoms with Crippen molar-refractivity contribution in [1.82, 2.24) is 10.2 Å². The summed E-state index contributed by atoms with van der Waals surface area (Å²) in [6.45, 7) is 4.16. The number of anilines is 2. The van der Waals surface area contributed by atoms with Crippen LogP contribution in [0.5, 0.6) is 0 Å². The van der Waals surface area contributed by atoms with Gasteiger partial charge in [-0.05, 0) is 63.5 Å². The van der Waals surface area contributed by atoms with Crippen molar-refractivity contribution in [3.8, 4) is 0 Å². The molecule has 1 unspecified atom stereocenters. The van der Waals surface area contributed by atoms with Crippen LogP contribution in [0.25, 0.3) is 0 Å². The van der Waals surface area contributed by atoms with Gasteiger partial charge < -0.3 is 16.0 Å². The molecule has 0 radical (unpaired) electrons. The molecule has 2 saturated heterocycles. The van der Waals surface area contributed by atoms with Gasteiger partial charge in [-0.1, -0.05) is 18.9 Å². The molecule has 0 spiro atoms. The zero-order chi connectivity index (χ0) is 18.2. The normalized spacial score (nSPS) is 20.1. The van der Waals surface area contributed by atoms with Gasteiger partial charge in [-0.2, -0.15) is 0 Å². The molecule has 8 heteroatoms. The molecule has 0 aromatic heterocycles. The van der Waals surface area contributed by atoms with Crippen molar-refractivity contribution >= 4 is 48.0 Å². The Kier molecular flexibility index (Phi) is 11.5. The molecule has 3 rings (SSSR count). The van der Waals surface area contributed by atoms with E-state index in [-0.39, 0.29) is 42.5 Å². The molecule has 0 aliphatic carbocycles. The summed E-state index contributed by atoms with van der Waals surface area (Å²) in [4.78, 5) is 26.9.